The topological polar surface area (TPSA) is 101 Å². The first-order valence-corrected chi connectivity index (χ1v) is 13.9. The number of anilines is 2. The van der Waals surface area contributed by atoms with Gasteiger partial charge in [-0.2, -0.15) is 0 Å². The Morgan fingerprint density at radius 3 is 2.68 bits per heavy atom. The predicted molar refractivity (Wildman–Crippen MR) is 151 cm³/mol. The number of piperidine rings is 1. The van der Waals surface area contributed by atoms with Crippen LogP contribution in [0.15, 0.2) is 42.7 Å². The Labute approximate surface area is 225 Å². The summed E-state index contributed by atoms with van der Waals surface area (Å²) in [5.41, 5.74) is 4.33. The third kappa shape index (κ3) is 6.48. The minimum absolute atomic E-state index is 0.0947. The molecule has 1 unspecified atom stereocenters. The molecule has 1 aliphatic heterocycles. The Hall–Kier alpha value is -3.52. The molecule has 1 aromatic carbocycles. The van der Waals surface area contributed by atoms with Gasteiger partial charge in [0, 0.05) is 37.1 Å². The molecule has 3 N–H and O–H groups in total. The van der Waals surface area contributed by atoms with Gasteiger partial charge in [-0.15, -0.1) is 0 Å². The number of rotatable bonds is 8. The van der Waals surface area contributed by atoms with Gasteiger partial charge < -0.3 is 20.7 Å². The molecule has 5 rings (SSSR count). The van der Waals surface area contributed by atoms with Crippen molar-refractivity contribution in [2.45, 2.75) is 71.3 Å². The van der Waals surface area contributed by atoms with E-state index < -0.39 is 0 Å². The standard InChI is InChI=1S/C30H38N6O2/c1-20-21(2)27(13-12-25(20)35-28(37)18-22-8-4-3-5-9-22)38-29-24(11-7-16-32-29)26-14-17-33-30(36-26)34-23-10-6-15-31-19-23/h7,11-14,16-17,22-23,31H,3-6,8-10,15,18-19H2,1-2H3,(H,35,37)(H,33,34,36). The Balaban J connectivity index is 1.30. The van der Waals surface area contributed by atoms with Crippen LogP contribution >= 0.6 is 0 Å². The summed E-state index contributed by atoms with van der Waals surface area (Å²) in [7, 11) is 0. The maximum absolute atomic E-state index is 12.7. The lowest BCUT2D eigenvalue weighted by Gasteiger charge is -2.23. The van der Waals surface area contributed by atoms with Gasteiger partial charge >= 0.3 is 0 Å². The summed E-state index contributed by atoms with van der Waals surface area (Å²) in [5.74, 6) is 2.39. The molecule has 0 radical (unpaired) electrons. The SMILES string of the molecule is Cc1c(NC(=O)CC2CCCCC2)ccc(Oc2ncccc2-c2ccnc(NC3CCCNC3)n2)c1C. The number of amides is 1. The summed E-state index contributed by atoms with van der Waals surface area (Å²) < 4.78 is 6.33. The third-order valence-electron chi connectivity index (χ3n) is 7.75. The molecule has 1 saturated heterocycles. The van der Waals surface area contributed by atoms with E-state index in [1.807, 2.05) is 44.2 Å². The quantitative estimate of drug-likeness (QED) is 0.338. The number of hydrogen-bond acceptors (Lipinski definition) is 7. The highest BCUT2D eigenvalue weighted by atomic mass is 16.5. The molecule has 2 fully saturated rings. The number of nitrogens with one attached hydrogen (secondary N) is 3. The lowest BCUT2D eigenvalue weighted by atomic mass is 9.87. The van der Waals surface area contributed by atoms with Crippen molar-refractivity contribution >= 4 is 17.5 Å². The fourth-order valence-corrected chi connectivity index (χ4v) is 5.40. The van der Waals surface area contributed by atoms with Crippen molar-refractivity contribution in [1.82, 2.24) is 20.3 Å². The Morgan fingerprint density at radius 1 is 1.00 bits per heavy atom. The Morgan fingerprint density at radius 2 is 1.87 bits per heavy atom. The van der Waals surface area contributed by atoms with Gasteiger partial charge in [0.15, 0.2) is 0 Å². The number of nitrogens with zero attached hydrogens (tertiary/aromatic N) is 3. The maximum atomic E-state index is 12.7. The molecule has 1 amide bonds. The van der Waals surface area contributed by atoms with Crippen molar-refractivity contribution < 1.29 is 9.53 Å². The maximum Gasteiger partial charge on any atom is 0.228 e. The minimum Gasteiger partial charge on any atom is -0.438 e. The van der Waals surface area contributed by atoms with E-state index in [9.17, 15) is 4.79 Å². The molecule has 3 aromatic rings. The molecule has 8 heteroatoms. The third-order valence-corrected chi connectivity index (χ3v) is 7.75. The van der Waals surface area contributed by atoms with E-state index in [0.29, 0.717) is 36.0 Å². The molecule has 2 aromatic heterocycles. The van der Waals surface area contributed by atoms with Crippen LogP contribution in [0.25, 0.3) is 11.3 Å². The van der Waals surface area contributed by atoms with E-state index in [0.717, 1.165) is 66.8 Å². The zero-order valence-electron chi connectivity index (χ0n) is 22.4. The van der Waals surface area contributed by atoms with Crippen molar-refractivity contribution in [2.24, 2.45) is 5.92 Å². The molecule has 1 atom stereocenters. The van der Waals surface area contributed by atoms with Crippen molar-refractivity contribution in [3.05, 3.63) is 53.9 Å². The van der Waals surface area contributed by atoms with Crippen molar-refractivity contribution in [1.29, 1.82) is 0 Å². The number of carbonyl (C=O) groups excluding carboxylic acids is 1. The summed E-state index contributed by atoms with van der Waals surface area (Å²) in [6, 6.07) is 9.85. The van der Waals surface area contributed by atoms with Crippen molar-refractivity contribution in [3.63, 3.8) is 0 Å². The molecule has 8 nitrogen and oxygen atoms in total. The van der Waals surface area contributed by atoms with Crippen molar-refractivity contribution in [2.75, 3.05) is 23.7 Å². The van der Waals surface area contributed by atoms with E-state index in [2.05, 4.69) is 25.9 Å². The number of benzene rings is 1. The molecule has 38 heavy (non-hydrogen) atoms. The van der Waals surface area contributed by atoms with Crippen LogP contribution in [0.5, 0.6) is 11.6 Å². The minimum atomic E-state index is 0.0947. The van der Waals surface area contributed by atoms with Gasteiger partial charge in [-0.1, -0.05) is 19.3 Å². The van der Waals surface area contributed by atoms with Gasteiger partial charge in [0.1, 0.15) is 5.75 Å². The average Bonchev–Trinajstić information content (AvgIpc) is 2.94. The summed E-state index contributed by atoms with van der Waals surface area (Å²) >= 11 is 0. The number of ether oxygens (including phenoxy) is 1. The van der Waals surface area contributed by atoms with Crippen LogP contribution in [0.3, 0.4) is 0 Å². The fourth-order valence-electron chi connectivity index (χ4n) is 5.40. The molecule has 1 aliphatic carbocycles. The highest BCUT2D eigenvalue weighted by molar-refractivity contribution is 5.92. The van der Waals surface area contributed by atoms with Gasteiger partial charge in [-0.3, -0.25) is 4.79 Å². The van der Waals surface area contributed by atoms with Gasteiger partial charge in [-0.25, -0.2) is 15.0 Å². The van der Waals surface area contributed by atoms with E-state index in [4.69, 9.17) is 9.72 Å². The molecule has 0 bridgehead atoms. The summed E-state index contributed by atoms with van der Waals surface area (Å²) in [4.78, 5) is 26.4. The second-order valence-electron chi connectivity index (χ2n) is 10.5. The van der Waals surface area contributed by atoms with Gasteiger partial charge in [0.25, 0.3) is 0 Å². The molecule has 0 spiro atoms. The van der Waals surface area contributed by atoms with Crippen LogP contribution in [0.2, 0.25) is 0 Å². The second-order valence-corrected chi connectivity index (χ2v) is 10.5. The molecule has 1 saturated carbocycles. The van der Waals surface area contributed by atoms with Crippen LogP contribution in [-0.2, 0) is 4.79 Å². The van der Waals surface area contributed by atoms with Gasteiger partial charge in [0.2, 0.25) is 17.7 Å². The first-order valence-electron chi connectivity index (χ1n) is 13.9. The normalized spacial score (nSPS) is 18.1. The van der Waals surface area contributed by atoms with Crippen LogP contribution in [0.4, 0.5) is 11.6 Å². The largest absolute Gasteiger partial charge is 0.438 e. The number of pyridine rings is 1. The second kappa shape index (κ2) is 12.3. The number of carbonyl (C=O) groups is 1. The molecular weight excluding hydrogens is 476 g/mol. The van der Waals surface area contributed by atoms with Gasteiger partial charge in [-0.05, 0) is 93.5 Å². The Bertz CT molecular complexity index is 1250. The lowest BCUT2D eigenvalue weighted by molar-refractivity contribution is -0.117. The summed E-state index contributed by atoms with van der Waals surface area (Å²) in [5, 5.41) is 9.98. The summed E-state index contributed by atoms with van der Waals surface area (Å²) in [6.45, 7) is 5.99. The van der Waals surface area contributed by atoms with Crippen molar-refractivity contribution in [3.8, 4) is 22.9 Å². The molecule has 2 aliphatic rings. The van der Waals surface area contributed by atoms with Gasteiger partial charge in [0.05, 0.1) is 11.3 Å². The van der Waals surface area contributed by atoms with E-state index in [1.165, 1.54) is 19.3 Å². The highest BCUT2D eigenvalue weighted by Gasteiger charge is 2.19. The molecule has 200 valence electrons. The molecule has 3 heterocycles. The lowest BCUT2D eigenvalue weighted by Crippen LogP contribution is -2.38. The number of hydrogen-bond donors (Lipinski definition) is 3. The summed E-state index contributed by atoms with van der Waals surface area (Å²) in [6.07, 6.45) is 12.4. The first kappa shape index (κ1) is 26.1. The van der Waals surface area contributed by atoms with Crippen LogP contribution in [-0.4, -0.2) is 40.0 Å². The van der Waals surface area contributed by atoms with E-state index in [-0.39, 0.29) is 5.91 Å². The average molecular weight is 515 g/mol. The smallest absolute Gasteiger partial charge is 0.228 e. The number of aromatic nitrogens is 3. The first-order chi connectivity index (χ1) is 18.6. The zero-order chi connectivity index (χ0) is 26.3. The molecular formula is C30H38N6O2. The van der Waals surface area contributed by atoms with E-state index in [1.54, 1.807) is 12.4 Å². The van der Waals surface area contributed by atoms with Crippen LogP contribution in [0.1, 0.15) is 62.5 Å². The van der Waals surface area contributed by atoms with Crippen LogP contribution < -0.4 is 20.7 Å². The monoisotopic (exact) mass is 514 g/mol. The zero-order valence-corrected chi connectivity index (χ0v) is 22.4. The predicted octanol–water partition coefficient (Wildman–Crippen LogP) is 6.02. The fraction of sp³-hybridized carbons (Fsp3) is 0.467. The highest BCUT2D eigenvalue weighted by Crippen LogP contribution is 2.35. The van der Waals surface area contributed by atoms with E-state index >= 15 is 0 Å². The van der Waals surface area contributed by atoms with Crippen LogP contribution in [0, 0.1) is 19.8 Å². The Kier molecular flexibility index (Phi) is 8.48.